The number of aromatic nitrogens is 3. The molecule has 0 aliphatic heterocycles. The van der Waals surface area contributed by atoms with Crippen molar-refractivity contribution in [2.24, 2.45) is 11.7 Å². The summed E-state index contributed by atoms with van der Waals surface area (Å²) in [5, 5.41) is 7.78. The van der Waals surface area contributed by atoms with Gasteiger partial charge in [-0.3, -0.25) is 5.10 Å². The number of aryl methyl sites for hydroxylation is 1. The molecule has 90 valence electrons. The minimum atomic E-state index is 0.295. The average molecular weight is 240 g/mol. The molecule has 1 saturated carbocycles. The first-order valence-electron chi connectivity index (χ1n) is 6.03. The van der Waals surface area contributed by atoms with Gasteiger partial charge in [0.1, 0.15) is 5.82 Å². The SMILES string of the molecule is Cc1nc(SCC(N)C2CCCCC2)n[nH]1. The zero-order valence-electron chi connectivity index (χ0n) is 9.78. The van der Waals surface area contributed by atoms with Crippen molar-refractivity contribution >= 4 is 11.8 Å². The highest BCUT2D eigenvalue weighted by atomic mass is 32.2. The molecular weight excluding hydrogens is 220 g/mol. The summed E-state index contributed by atoms with van der Waals surface area (Å²) in [4.78, 5) is 4.27. The van der Waals surface area contributed by atoms with E-state index in [0.717, 1.165) is 16.7 Å². The lowest BCUT2D eigenvalue weighted by atomic mass is 9.85. The number of hydrogen-bond donors (Lipinski definition) is 2. The van der Waals surface area contributed by atoms with Crippen LogP contribution in [0.1, 0.15) is 37.9 Å². The zero-order chi connectivity index (χ0) is 11.4. The van der Waals surface area contributed by atoms with Gasteiger partial charge >= 0.3 is 0 Å². The summed E-state index contributed by atoms with van der Waals surface area (Å²) in [5.41, 5.74) is 6.22. The van der Waals surface area contributed by atoms with Crippen LogP contribution in [0.3, 0.4) is 0 Å². The van der Waals surface area contributed by atoms with Crippen LogP contribution in [0.4, 0.5) is 0 Å². The molecule has 0 amide bonds. The van der Waals surface area contributed by atoms with Gasteiger partial charge < -0.3 is 5.73 Å². The smallest absolute Gasteiger partial charge is 0.208 e. The fourth-order valence-corrected chi connectivity index (χ4v) is 3.18. The lowest BCUT2D eigenvalue weighted by Gasteiger charge is -2.26. The van der Waals surface area contributed by atoms with Crippen LogP contribution in [-0.2, 0) is 0 Å². The van der Waals surface area contributed by atoms with E-state index in [1.807, 2.05) is 6.92 Å². The van der Waals surface area contributed by atoms with E-state index in [0.29, 0.717) is 12.0 Å². The summed E-state index contributed by atoms with van der Waals surface area (Å²) in [6.45, 7) is 1.91. The molecule has 0 saturated heterocycles. The Hall–Kier alpha value is -0.550. The highest BCUT2D eigenvalue weighted by Crippen LogP contribution is 2.27. The number of H-pyrrole nitrogens is 1. The number of hydrogen-bond acceptors (Lipinski definition) is 4. The van der Waals surface area contributed by atoms with E-state index in [1.165, 1.54) is 32.1 Å². The first kappa shape index (κ1) is 11.9. The maximum absolute atomic E-state index is 6.22. The van der Waals surface area contributed by atoms with Crippen molar-refractivity contribution in [2.45, 2.75) is 50.2 Å². The fourth-order valence-electron chi connectivity index (χ4n) is 2.26. The average Bonchev–Trinajstić information content (AvgIpc) is 2.73. The van der Waals surface area contributed by atoms with Gasteiger partial charge in [0, 0.05) is 11.8 Å². The number of aromatic amines is 1. The Bertz CT molecular complexity index is 320. The van der Waals surface area contributed by atoms with Crippen LogP contribution in [0.15, 0.2) is 5.16 Å². The van der Waals surface area contributed by atoms with Gasteiger partial charge in [0.05, 0.1) is 0 Å². The van der Waals surface area contributed by atoms with E-state index < -0.39 is 0 Å². The maximum Gasteiger partial charge on any atom is 0.208 e. The van der Waals surface area contributed by atoms with Crippen LogP contribution in [0, 0.1) is 12.8 Å². The molecule has 1 aliphatic carbocycles. The van der Waals surface area contributed by atoms with Crippen LogP contribution in [0.2, 0.25) is 0 Å². The van der Waals surface area contributed by atoms with Crippen LogP contribution in [0.25, 0.3) is 0 Å². The van der Waals surface area contributed by atoms with E-state index in [1.54, 1.807) is 11.8 Å². The Kier molecular flexibility index (Phi) is 4.23. The lowest BCUT2D eigenvalue weighted by molar-refractivity contribution is 0.319. The van der Waals surface area contributed by atoms with Crippen molar-refractivity contribution in [2.75, 3.05) is 5.75 Å². The third kappa shape index (κ3) is 3.22. The minimum Gasteiger partial charge on any atom is -0.327 e. The number of nitrogens with one attached hydrogen (secondary N) is 1. The van der Waals surface area contributed by atoms with Crippen molar-refractivity contribution in [3.8, 4) is 0 Å². The largest absolute Gasteiger partial charge is 0.327 e. The number of nitrogens with zero attached hydrogens (tertiary/aromatic N) is 2. The lowest BCUT2D eigenvalue weighted by Crippen LogP contribution is -2.33. The van der Waals surface area contributed by atoms with Crippen molar-refractivity contribution in [1.29, 1.82) is 0 Å². The summed E-state index contributed by atoms with van der Waals surface area (Å²) in [5.74, 6) is 2.51. The van der Waals surface area contributed by atoms with Gasteiger partial charge in [0.15, 0.2) is 0 Å². The molecule has 1 aliphatic rings. The van der Waals surface area contributed by atoms with E-state index in [2.05, 4.69) is 15.2 Å². The summed E-state index contributed by atoms with van der Waals surface area (Å²) >= 11 is 1.66. The van der Waals surface area contributed by atoms with Crippen LogP contribution in [0.5, 0.6) is 0 Å². The Morgan fingerprint density at radius 2 is 2.19 bits per heavy atom. The normalized spacial score (nSPS) is 19.9. The molecule has 5 heteroatoms. The Balaban J connectivity index is 1.76. The summed E-state index contributed by atoms with van der Waals surface area (Å²) in [6, 6.07) is 0.295. The second-order valence-electron chi connectivity index (χ2n) is 4.58. The summed E-state index contributed by atoms with van der Waals surface area (Å²) in [6.07, 6.45) is 6.69. The highest BCUT2D eigenvalue weighted by molar-refractivity contribution is 7.99. The van der Waals surface area contributed by atoms with Gasteiger partial charge in [0.25, 0.3) is 0 Å². The summed E-state index contributed by atoms with van der Waals surface area (Å²) < 4.78 is 0. The molecule has 0 bridgehead atoms. The molecule has 2 rings (SSSR count). The van der Waals surface area contributed by atoms with Crippen molar-refractivity contribution < 1.29 is 0 Å². The van der Waals surface area contributed by atoms with Gasteiger partial charge in [-0.15, -0.1) is 5.10 Å². The quantitative estimate of drug-likeness (QED) is 0.791. The molecule has 16 heavy (non-hydrogen) atoms. The molecule has 0 spiro atoms. The molecule has 0 radical (unpaired) electrons. The number of nitrogens with two attached hydrogens (primary N) is 1. The van der Waals surface area contributed by atoms with Crippen molar-refractivity contribution in [3.05, 3.63) is 5.82 Å². The van der Waals surface area contributed by atoms with Gasteiger partial charge in [-0.2, -0.15) is 0 Å². The van der Waals surface area contributed by atoms with E-state index in [9.17, 15) is 0 Å². The standard InChI is InChI=1S/C11H20N4S/c1-8-13-11(15-14-8)16-7-10(12)9-5-3-2-4-6-9/h9-10H,2-7,12H2,1H3,(H,13,14,15). The predicted octanol–water partition coefficient (Wildman–Crippen LogP) is 2.11. The highest BCUT2D eigenvalue weighted by Gasteiger charge is 2.20. The molecule has 3 N–H and O–H groups in total. The number of thioether (sulfide) groups is 1. The van der Waals surface area contributed by atoms with E-state index in [4.69, 9.17) is 5.73 Å². The molecule has 1 aromatic rings. The monoisotopic (exact) mass is 240 g/mol. The third-order valence-corrected chi connectivity index (χ3v) is 4.23. The second kappa shape index (κ2) is 5.68. The molecule has 1 unspecified atom stereocenters. The second-order valence-corrected chi connectivity index (χ2v) is 5.56. The molecule has 1 aromatic heterocycles. The molecule has 1 atom stereocenters. The zero-order valence-corrected chi connectivity index (χ0v) is 10.6. The van der Waals surface area contributed by atoms with Crippen molar-refractivity contribution in [3.63, 3.8) is 0 Å². The number of rotatable bonds is 4. The van der Waals surface area contributed by atoms with Gasteiger partial charge in [-0.1, -0.05) is 31.0 Å². The molecule has 1 heterocycles. The first-order valence-corrected chi connectivity index (χ1v) is 7.01. The molecular formula is C11H20N4S. The Morgan fingerprint density at radius 3 is 2.81 bits per heavy atom. The Labute approximate surface area is 101 Å². The maximum atomic E-state index is 6.22. The first-order chi connectivity index (χ1) is 7.75. The van der Waals surface area contributed by atoms with Crippen LogP contribution in [-0.4, -0.2) is 27.0 Å². The predicted molar refractivity (Wildman–Crippen MR) is 66.4 cm³/mol. The van der Waals surface area contributed by atoms with E-state index in [-0.39, 0.29) is 0 Å². The van der Waals surface area contributed by atoms with Gasteiger partial charge in [-0.05, 0) is 25.7 Å². The Morgan fingerprint density at radius 1 is 1.44 bits per heavy atom. The van der Waals surface area contributed by atoms with E-state index >= 15 is 0 Å². The summed E-state index contributed by atoms with van der Waals surface area (Å²) in [7, 11) is 0. The molecule has 4 nitrogen and oxygen atoms in total. The topological polar surface area (TPSA) is 67.6 Å². The minimum absolute atomic E-state index is 0.295. The molecule has 0 aromatic carbocycles. The van der Waals surface area contributed by atoms with Gasteiger partial charge in [0.2, 0.25) is 5.16 Å². The van der Waals surface area contributed by atoms with Crippen LogP contribution < -0.4 is 5.73 Å². The van der Waals surface area contributed by atoms with Crippen molar-refractivity contribution in [1.82, 2.24) is 15.2 Å². The van der Waals surface area contributed by atoms with Crippen LogP contribution >= 0.6 is 11.8 Å². The third-order valence-electron chi connectivity index (χ3n) is 3.24. The van der Waals surface area contributed by atoms with Gasteiger partial charge in [-0.25, -0.2) is 4.98 Å². The molecule has 1 fully saturated rings. The fraction of sp³-hybridized carbons (Fsp3) is 0.818.